The Bertz CT molecular complexity index is 1160. The summed E-state index contributed by atoms with van der Waals surface area (Å²) < 4.78 is 0. The number of hydrogen-bond acceptors (Lipinski definition) is 3. The zero-order chi connectivity index (χ0) is 24.9. The third-order valence-corrected chi connectivity index (χ3v) is 11.4. The lowest BCUT2D eigenvalue weighted by atomic mass is 9.49. The van der Waals surface area contributed by atoms with E-state index in [1.165, 1.54) is 16.1 Å². The molecular weight excluding hydrogens is 464 g/mol. The fourth-order valence-electron chi connectivity index (χ4n) is 8.46. The Hall–Kier alpha value is -2.40. The Balaban J connectivity index is 1.21. The largest absolute Gasteiger partial charge is 0.348 e. The summed E-state index contributed by atoms with van der Waals surface area (Å²) in [5, 5.41) is 8.82. The number of piperidine rings is 1. The van der Waals surface area contributed by atoms with Gasteiger partial charge in [-0.15, -0.1) is 11.3 Å². The molecule has 4 nitrogen and oxygen atoms in total. The van der Waals surface area contributed by atoms with Gasteiger partial charge in [-0.3, -0.25) is 9.59 Å². The summed E-state index contributed by atoms with van der Waals surface area (Å²) in [6, 6.07) is 14.8. The third-order valence-electron chi connectivity index (χ3n) is 10.4. The van der Waals surface area contributed by atoms with Crippen molar-refractivity contribution >= 4 is 23.2 Å². The SMILES string of the molecule is C[C@]12CCC(=O)NC1=CC[C@@H]1[C@H]2CC[C@]2(C)C(C(=O)NC(Cc3ccccc3)c3cccs3)CC[C@@H]12. The minimum Gasteiger partial charge on any atom is -0.348 e. The van der Waals surface area contributed by atoms with Gasteiger partial charge in [0.2, 0.25) is 11.8 Å². The lowest BCUT2D eigenvalue weighted by molar-refractivity contribution is -0.133. The van der Waals surface area contributed by atoms with Crippen LogP contribution in [0.25, 0.3) is 0 Å². The molecule has 0 bridgehead atoms. The highest BCUT2D eigenvalue weighted by atomic mass is 32.1. The molecule has 3 fully saturated rings. The zero-order valence-corrected chi connectivity index (χ0v) is 22.3. The van der Waals surface area contributed by atoms with Crippen LogP contribution in [0.5, 0.6) is 0 Å². The molecule has 1 aromatic carbocycles. The van der Waals surface area contributed by atoms with Crippen molar-refractivity contribution in [3.63, 3.8) is 0 Å². The van der Waals surface area contributed by atoms with E-state index in [0.29, 0.717) is 24.2 Å². The van der Waals surface area contributed by atoms with Crippen LogP contribution in [-0.4, -0.2) is 11.8 Å². The number of carbonyl (C=O) groups is 2. The van der Waals surface area contributed by atoms with Crippen molar-refractivity contribution in [1.29, 1.82) is 0 Å². The monoisotopic (exact) mass is 502 g/mol. The highest BCUT2D eigenvalue weighted by Crippen LogP contribution is 2.65. The number of amides is 2. The van der Waals surface area contributed by atoms with Gasteiger partial charge in [0.05, 0.1) is 6.04 Å². The molecule has 6 rings (SSSR count). The molecule has 0 spiro atoms. The van der Waals surface area contributed by atoms with Crippen LogP contribution < -0.4 is 10.6 Å². The van der Waals surface area contributed by atoms with Crippen LogP contribution in [0, 0.1) is 34.5 Å². The first kappa shape index (κ1) is 24.0. The van der Waals surface area contributed by atoms with Gasteiger partial charge < -0.3 is 10.6 Å². The number of benzene rings is 1. The predicted molar refractivity (Wildman–Crippen MR) is 144 cm³/mol. The van der Waals surface area contributed by atoms with Gasteiger partial charge in [-0.25, -0.2) is 0 Å². The maximum absolute atomic E-state index is 13.9. The average Bonchev–Trinajstić information content (AvgIpc) is 3.53. The molecule has 7 atom stereocenters. The molecule has 2 heterocycles. The molecule has 1 saturated heterocycles. The maximum Gasteiger partial charge on any atom is 0.224 e. The third kappa shape index (κ3) is 3.95. The highest BCUT2D eigenvalue weighted by molar-refractivity contribution is 7.10. The Labute approximate surface area is 219 Å². The van der Waals surface area contributed by atoms with Crippen LogP contribution in [0.1, 0.15) is 75.3 Å². The van der Waals surface area contributed by atoms with Gasteiger partial charge in [0.15, 0.2) is 0 Å². The molecule has 2 amide bonds. The Morgan fingerprint density at radius 1 is 1.08 bits per heavy atom. The van der Waals surface area contributed by atoms with Crippen LogP contribution in [-0.2, 0) is 16.0 Å². The normalized spacial score (nSPS) is 36.1. The second-order valence-electron chi connectivity index (χ2n) is 12.1. The van der Waals surface area contributed by atoms with Crippen LogP contribution in [0.2, 0.25) is 0 Å². The van der Waals surface area contributed by atoms with Crippen molar-refractivity contribution in [2.45, 2.75) is 71.3 Å². The number of thiophene rings is 1. The lowest BCUT2D eigenvalue weighted by Gasteiger charge is -2.57. The van der Waals surface area contributed by atoms with Crippen molar-refractivity contribution < 1.29 is 9.59 Å². The molecule has 2 N–H and O–H groups in total. The fraction of sp³-hybridized carbons (Fsp3) is 0.548. The molecule has 5 heteroatoms. The molecule has 1 aliphatic heterocycles. The van der Waals surface area contributed by atoms with Gasteiger partial charge in [0, 0.05) is 28.3 Å². The van der Waals surface area contributed by atoms with Gasteiger partial charge in [-0.05, 0) is 85.1 Å². The fourth-order valence-corrected chi connectivity index (χ4v) is 9.24. The van der Waals surface area contributed by atoms with E-state index in [2.05, 4.69) is 72.3 Å². The van der Waals surface area contributed by atoms with Crippen molar-refractivity contribution in [2.75, 3.05) is 0 Å². The standard InChI is InChI=1S/C31H38N2O2S/c1-30-16-14-23-21(10-13-27-31(23,2)17-15-28(34)33-27)22(30)11-12-24(30)29(35)32-25(26-9-6-18-36-26)19-20-7-4-3-5-8-20/h3-9,13,18,21-25H,10-12,14-17,19H2,1-2H3,(H,32,35)(H,33,34)/t21-,22-,23+,24?,25?,30-,31+/m0/s1. The second-order valence-corrected chi connectivity index (χ2v) is 13.1. The van der Waals surface area contributed by atoms with Gasteiger partial charge in [0.1, 0.15) is 0 Å². The summed E-state index contributed by atoms with van der Waals surface area (Å²) in [6.45, 7) is 4.79. The molecule has 2 aromatic rings. The summed E-state index contributed by atoms with van der Waals surface area (Å²) in [7, 11) is 0. The first-order chi connectivity index (χ1) is 17.4. The van der Waals surface area contributed by atoms with E-state index in [9.17, 15) is 9.59 Å². The predicted octanol–water partition coefficient (Wildman–Crippen LogP) is 6.41. The average molecular weight is 503 g/mol. The van der Waals surface area contributed by atoms with E-state index in [1.54, 1.807) is 11.3 Å². The summed E-state index contributed by atoms with van der Waals surface area (Å²) in [5.74, 6) is 2.29. The molecule has 190 valence electrons. The molecule has 2 saturated carbocycles. The Morgan fingerprint density at radius 3 is 2.69 bits per heavy atom. The number of fused-ring (bicyclic) bond motifs is 5. The first-order valence-corrected chi connectivity index (χ1v) is 14.6. The number of nitrogens with one attached hydrogen (secondary N) is 2. The topological polar surface area (TPSA) is 58.2 Å². The summed E-state index contributed by atoms with van der Waals surface area (Å²) in [4.78, 5) is 27.2. The molecule has 3 aliphatic carbocycles. The maximum atomic E-state index is 13.9. The number of allylic oxidation sites excluding steroid dienone is 2. The number of hydrogen-bond donors (Lipinski definition) is 2. The van der Waals surface area contributed by atoms with E-state index < -0.39 is 0 Å². The molecule has 36 heavy (non-hydrogen) atoms. The van der Waals surface area contributed by atoms with Crippen molar-refractivity contribution in [2.24, 2.45) is 34.5 Å². The van der Waals surface area contributed by atoms with Gasteiger partial charge in [0.25, 0.3) is 0 Å². The first-order valence-electron chi connectivity index (χ1n) is 13.8. The molecule has 1 aromatic heterocycles. The van der Waals surface area contributed by atoms with Crippen LogP contribution in [0.3, 0.4) is 0 Å². The van der Waals surface area contributed by atoms with Crippen LogP contribution >= 0.6 is 11.3 Å². The molecule has 4 aliphatic rings. The second kappa shape index (κ2) is 9.16. The van der Waals surface area contributed by atoms with E-state index in [4.69, 9.17) is 0 Å². The summed E-state index contributed by atoms with van der Waals surface area (Å²) in [6.07, 6.45) is 10.2. The summed E-state index contributed by atoms with van der Waals surface area (Å²) >= 11 is 1.73. The quantitative estimate of drug-likeness (QED) is 0.496. The van der Waals surface area contributed by atoms with Gasteiger partial charge in [-0.2, -0.15) is 0 Å². The molecule has 0 radical (unpaired) electrons. The number of carbonyl (C=O) groups excluding carboxylic acids is 2. The van der Waals surface area contributed by atoms with Gasteiger partial charge >= 0.3 is 0 Å². The van der Waals surface area contributed by atoms with E-state index in [-0.39, 0.29) is 34.6 Å². The van der Waals surface area contributed by atoms with E-state index in [1.807, 2.05) is 6.07 Å². The Kier molecular flexibility index (Phi) is 6.10. The number of rotatable bonds is 5. The summed E-state index contributed by atoms with van der Waals surface area (Å²) in [5.41, 5.74) is 2.57. The minimum absolute atomic E-state index is 0.0174. The van der Waals surface area contributed by atoms with Crippen molar-refractivity contribution in [3.05, 3.63) is 70.1 Å². The van der Waals surface area contributed by atoms with Crippen molar-refractivity contribution in [1.82, 2.24) is 10.6 Å². The minimum atomic E-state index is 0.0174. The molecule has 2 unspecified atom stereocenters. The Morgan fingerprint density at radius 2 is 1.92 bits per heavy atom. The van der Waals surface area contributed by atoms with Crippen LogP contribution in [0.4, 0.5) is 0 Å². The molecular formula is C31H38N2O2S. The van der Waals surface area contributed by atoms with Crippen molar-refractivity contribution in [3.8, 4) is 0 Å². The smallest absolute Gasteiger partial charge is 0.224 e. The van der Waals surface area contributed by atoms with Gasteiger partial charge in [-0.1, -0.05) is 56.3 Å². The van der Waals surface area contributed by atoms with E-state index in [0.717, 1.165) is 44.9 Å². The zero-order valence-electron chi connectivity index (χ0n) is 21.5. The lowest BCUT2D eigenvalue weighted by Crippen LogP contribution is -2.54. The van der Waals surface area contributed by atoms with Crippen LogP contribution in [0.15, 0.2) is 59.6 Å². The highest BCUT2D eigenvalue weighted by Gasteiger charge is 2.60. The van der Waals surface area contributed by atoms with E-state index >= 15 is 0 Å².